The predicted molar refractivity (Wildman–Crippen MR) is 133 cm³/mol. The fourth-order valence-corrected chi connectivity index (χ4v) is 4.14. The number of aromatic nitrogens is 2. The molecule has 2 saturated heterocycles. The summed E-state index contributed by atoms with van der Waals surface area (Å²) in [7, 11) is 1.66. The Balaban J connectivity index is 1.27. The van der Waals surface area contributed by atoms with Gasteiger partial charge in [0.15, 0.2) is 5.82 Å². The summed E-state index contributed by atoms with van der Waals surface area (Å²) in [5.41, 5.74) is 6.89. The quantitative estimate of drug-likeness (QED) is 0.200. The molecular formula is C24H32FN7O4. The van der Waals surface area contributed by atoms with E-state index in [1.807, 2.05) is 17.3 Å². The van der Waals surface area contributed by atoms with Crippen molar-refractivity contribution >= 4 is 29.1 Å². The van der Waals surface area contributed by atoms with Crippen molar-refractivity contribution in [3.8, 4) is 0 Å². The number of nitrogens with one attached hydrogen (secondary N) is 1. The van der Waals surface area contributed by atoms with Gasteiger partial charge in [-0.15, -0.1) is 0 Å². The van der Waals surface area contributed by atoms with Crippen molar-refractivity contribution in [3.05, 3.63) is 42.0 Å². The first-order valence-corrected chi connectivity index (χ1v) is 11.9. The van der Waals surface area contributed by atoms with Crippen LogP contribution >= 0.6 is 0 Å². The molecule has 3 heterocycles. The SMILES string of the molecule is COCCOC1CN(c2ncc(N3CCN(c4cccc(COC(=O)CC(=N)N)c4F)CC3)cn2)C1. The van der Waals surface area contributed by atoms with Crippen molar-refractivity contribution in [2.45, 2.75) is 19.1 Å². The van der Waals surface area contributed by atoms with Crippen LogP contribution in [0.4, 0.5) is 21.7 Å². The lowest BCUT2D eigenvalue weighted by Gasteiger charge is -2.39. The standard InChI is InChI=1S/C24H32FN7O4/c1-34-9-10-35-19-14-32(15-19)24-28-12-18(13-29-24)30-5-7-31(8-6-30)20-4-2-3-17(23(20)25)16-36-22(33)11-21(26)27/h2-4,12-13,19H,5-11,14-16H2,1H3,(H3,26,27). The number of carbonyl (C=O) groups excluding carboxylic acids is 1. The third-order valence-electron chi connectivity index (χ3n) is 6.16. The lowest BCUT2D eigenvalue weighted by molar-refractivity contribution is -0.143. The molecule has 36 heavy (non-hydrogen) atoms. The summed E-state index contributed by atoms with van der Waals surface area (Å²) >= 11 is 0. The van der Waals surface area contributed by atoms with Gasteiger partial charge < -0.3 is 34.6 Å². The molecule has 0 aliphatic carbocycles. The molecular weight excluding hydrogens is 469 g/mol. The molecule has 0 atom stereocenters. The fraction of sp³-hybridized carbons (Fsp3) is 0.500. The van der Waals surface area contributed by atoms with Crippen LogP contribution in [0.2, 0.25) is 0 Å². The van der Waals surface area contributed by atoms with Crippen LogP contribution in [0, 0.1) is 11.2 Å². The lowest BCUT2D eigenvalue weighted by Crippen LogP contribution is -2.53. The average Bonchev–Trinajstić information content (AvgIpc) is 2.85. The molecule has 12 heteroatoms. The second kappa shape index (κ2) is 12.0. The monoisotopic (exact) mass is 501 g/mol. The second-order valence-electron chi connectivity index (χ2n) is 8.72. The minimum atomic E-state index is -0.654. The Kier molecular flexibility index (Phi) is 8.49. The molecule has 0 unspecified atom stereocenters. The van der Waals surface area contributed by atoms with Gasteiger partial charge in [-0.25, -0.2) is 14.4 Å². The van der Waals surface area contributed by atoms with E-state index >= 15 is 4.39 Å². The molecule has 11 nitrogen and oxygen atoms in total. The van der Waals surface area contributed by atoms with Crippen molar-refractivity contribution in [3.63, 3.8) is 0 Å². The summed E-state index contributed by atoms with van der Waals surface area (Å²) in [5.74, 6) is -0.664. The molecule has 0 amide bonds. The van der Waals surface area contributed by atoms with Gasteiger partial charge in [0.1, 0.15) is 18.9 Å². The minimum Gasteiger partial charge on any atom is -0.460 e. The van der Waals surface area contributed by atoms with Gasteiger partial charge in [0.2, 0.25) is 5.95 Å². The van der Waals surface area contributed by atoms with Gasteiger partial charge in [-0.2, -0.15) is 0 Å². The van der Waals surface area contributed by atoms with Crippen LogP contribution in [0.25, 0.3) is 0 Å². The number of nitrogens with two attached hydrogens (primary N) is 1. The van der Waals surface area contributed by atoms with E-state index in [1.165, 1.54) is 0 Å². The third kappa shape index (κ3) is 6.38. The topological polar surface area (TPSA) is 130 Å². The smallest absolute Gasteiger partial charge is 0.313 e. The molecule has 0 radical (unpaired) electrons. The Hall–Kier alpha value is -3.51. The normalized spacial score (nSPS) is 16.1. The highest BCUT2D eigenvalue weighted by molar-refractivity contribution is 5.94. The number of esters is 1. The zero-order chi connectivity index (χ0) is 25.5. The maximum Gasteiger partial charge on any atom is 0.313 e. The van der Waals surface area contributed by atoms with E-state index in [9.17, 15) is 4.79 Å². The number of ether oxygens (including phenoxy) is 3. The summed E-state index contributed by atoms with van der Waals surface area (Å²) in [4.78, 5) is 26.9. The first kappa shape index (κ1) is 25.6. The Morgan fingerprint density at radius 1 is 1.11 bits per heavy atom. The van der Waals surface area contributed by atoms with E-state index in [2.05, 4.69) is 19.8 Å². The minimum absolute atomic E-state index is 0.183. The molecule has 2 aliphatic heterocycles. The van der Waals surface area contributed by atoms with Crippen LogP contribution in [0.1, 0.15) is 12.0 Å². The number of hydrogen-bond donors (Lipinski definition) is 2. The Morgan fingerprint density at radius 3 is 2.47 bits per heavy atom. The number of methoxy groups -OCH3 is 1. The molecule has 1 aromatic carbocycles. The molecule has 2 aliphatic rings. The second-order valence-corrected chi connectivity index (χ2v) is 8.72. The summed E-state index contributed by atoms with van der Waals surface area (Å²) in [6.45, 7) is 5.14. The summed E-state index contributed by atoms with van der Waals surface area (Å²) in [5, 5.41) is 7.14. The van der Waals surface area contributed by atoms with Crippen molar-refractivity contribution in [1.82, 2.24) is 9.97 Å². The van der Waals surface area contributed by atoms with Crippen LogP contribution in [-0.4, -0.2) is 87.5 Å². The van der Waals surface area contributed by atoms with E-state index in [0.29, 0.717) is 51.0 Å². The number of halogens is 1. The molecule has 0 bridgehead atoms. The number of amidine groups is 1. The van der Waals surface area contributed by atoms with Crippen molar-refractivity contribution in [2.75, 3.05) is 74.3 Å². The number of benzene rings is 1. The van der Waals surface area contributed by atoms with Crippen molar-refractivity contribution in [2.24, 2.45) is 5.73 Å². The number of piperazine rings is 1. The largest absolute Gasteiger partial charge is 0.460 e. The van der Waals surface area contributed by atoms with Crippen LogP contribution in [0.3, 0.4) is 0 Å². The molecule has 2 aromatic rings. The third-order valence-corrected chi connectivity index (χ3v) is 6.16. The maximum absolute atomic E-state index is 15.1. The van der Waals surface area contributed by atoms with E-state index in [4.69, 9.17) is 25.4 Å². The van der Waals surface area contributed by atoms with Gasteiger partial charge in [-0.3, -0.25) is 10.2 Å². The first-order chi connectivity index (χ1) is 17.4. The highest BCUT2D eigenvalue weighted by Crippen LogP contribution is 2.26. The fourth-order valence-electron chi connectivity index (χ4n) is 4.14. The van der Waals surface area contributed by atoms with Crippen LogP contribution in [0.5, 0.6) is 0 Å². The van der Waals surface area contributed by atoms with Gasteiger partial charge >= 0.3 is 5.97 Å². The summed E-state index contributed by atoms with van der Waals surface area (Å²) in [6, 6.07) is 5.05. The molecule has 4 rings (SSSR count). The van der Waals surface area contributed by atoms with Gasteiger partial charge in [-0.1, -0.05) is 12.1 Å². The van der Waals surface area contributed by atoms with Crippen LogP contribution in [-0.2, 0) is 25.6 Å². The Morgan fingerprint density at radius 2 is 1.81 bits per heavy atom. The van der Waals surface area contributed by atoms with Crippen molar-refractivity contribution < 1.29 is 23.4 Å². The van der Waals surface area contributed by atoms with E-state index in [1.54, 1.807) is 25.3 Å². The van der Waals surface area contributed by atoms with Gasteiger partial charge in [0.25, 0.3) is 0 Å². The molecule has 0 spiro atoms. The van der Waals surface area contributed by atoms with E-state index in [0.717, 1.165) is 18.8 Å². The number of nitrogens with zero attached hydrogens (tertiary/aromatic N) is 5. The molecule has 3 N–H and O–H groups in total. The lowest BCUT2D eigenvalue weighted by atomic mass is 10.1. The first-order valence-electron chi connectivity index (χ1n) is 11.9. The van der Waals surface area contributed by atoms with Crippen LogP contribution in [0.15, 0.2) is 30.6 Å². The van der Waals surface area contributed by atoms with E-state index < -0.39 is 11.8 Å². The maximum atomic E-state index is 15.1. The highest BCUT2D eigenvalue weighted by atomic mass is 19.1. The number of anilines is 3. The predicted octanol–water partition coefficient (Wildman–Crippen LogP) is 1.16. The van der Waals surface area contributed by atoms with E-state index in [-0.39, 0.29) is 30.5 Å². The van der Waals surface area contributed by atoms with Gasteiger partial charge in [0, 0.05) is 51.9 Å². The zero-order valence-corrected chi connectivity index (χ0v) is 20.4. The summed E-state index contributed by atoms with van der Waals surface area (Å²) in [6.07, 6.45) is 3.53. The van der Waals surface area contributed by atoms with Gasteiger partial charge in [0.05, 0.1) is 43.1 Å². The van der Waals surface area contributed by atoms with Crippen LogP contribution < -0.4 is 20.4 Å². The number of hydrogen-bond acceptors (Lipinski definition) is 10. The molecule has 1 aromatic heterocycles. The molecule has 194 valence electrons. The zero-order valence-electron chi connectivity index (χ0n) is 20.4. The average molecular weight is 502 g/mol. The van der Waals surface area contributed by atoms with Gasteiger partial charge in [-0.05, 0) is 6.07 Å². The molecule has 2 fully saturated rings. The Labute approximate surface area is 209 Å². The Bertz CT molecular complexity index is 1040. The molecule has 0 saturated carbocycles. The highest BCUT2D eigenvalue weighted by Gasteiger charge is 2.29. The number of carbonyl (C=O) groups is 1. The number of rotatable bonds is 11. The summed E-state index contributed by atoms with van der Waals surface area (Å²) < 4.78 is 30.8. The van der Waals surface area contributed by atoms with Crippen molar-refractivity contribution in [1.29, 1.82) is 5.41 Å².